The van der Waals surface area contributed by atoms with Crippen LogP contribution < -0.4 is 10.1 Å². The van der Waals surface area contributed by atoms with Gasteiger partial charge in [0, 0.05) is 30.8 Å². The van der Waals surface area contributed by atoms with Crippen molar-refractivity contribution < 1.29 is 27.4 Å². The van der Waals surface area contributed by atoms with E-state index in [1.54, 1.807) is 12.1 Å². The molecule has 0 aliphatic carbocycles. The molecular weight excluding hydrogens is 349 g/mol. The zero-order chi connectivity index (χ0) is 18.6. The van der Waals surface area contributed by atoms with Gasteiger partial charge < -0.3 is 14.8 Å². The number of aromatic nitrogens is 1. The zero-order valence-corrected chi connectivity index (χ0v) is 13.8. The average Bonchev–Trinajstić information content (AvgIpc) is 2.63. The minimum atomic E-state index is -4.41. The zero-order valence-electron chi connectivity index (χ0n) is 13.8. The number of amides is 1. The first-order valence-corrected chi connectivity index (χ1v) is 8.11. The molecule has 1 saturated heterocycles. The number of halogens is 3. The molecular formula is C18H17F3N2O3. The van der Waals surface area contributed by atoms with E-state index in [-0.39, 0.29) is 17.4 Å². The Labute approximate surface area is 148 Å². The largest absolute Gasteiger partial charge is 0.474 e. The van der Waals surface area contributed by atoms with E-state index in [0.717, 1.165) is 25.0 Å². The van der Waals surface area contributed by atoms with Gasteiger partial charge in [0.25, 0.3) is 5.91 Å². The van der Waals surface area contributed by atoms with Crippen molar-refractivity contribution in [2.45, 2.75) is 25.1 Å². The first kappa shape index (κ1) is 18.2. The second-order valence-corrected chi connectivity index (χ2v) is 5.84. The van der Waals surface area contributed by atoms with Gasteiger partial charge in [0.1, 0.15) is 6.10 Å². The molecule has 1 fully saturated rings. The van der Waals surface area contributed by atoms with Crippen molar-refractivity contribution in [3.05, 3.63) is 53.7 Å². The number of benzene rings is 1. The Kier molecular flexibility index (Phi) is 5.41. The van der Waals surface area contributed by atoms with Gasteiger partial charge in [-0.25, -0.2) is 4.98 Å². The normalized spacial score (nSPS) is 15.5. The fraction of sp³-hybridized carbons (Fsp3) is 0.333. The van der Waals surface area contributed by atoms with Crippen LogP contribution in [-0.2, 0) is 10.9 Å². The summed E-state index contributed by atoms with van der Waals surface area (Å²) in [4.78, 5) is 16.3. The molecule has 0 spiro atoms. The molecule has 26 heavy (non-hydrogen) atoms. The summed E-state index contributed by atoms with van der Waals surface area (Å²) in [5, 5.41) is 2.53. The number of carbonyl (C=O) groups is 1. The van der Waals surface area contributed by atoms with Crippen LogP contribution in [0.15, 0.2) is 42.6 Å². The lowest BCUT2D eigenvalue weighted by atomic mass is 10.1. The molecule has 1 aliphatic rings. The van der Waals surface area contributed by atoms with Crippen LogP contribution in [0.4, 0.5) is 18.9 Å². The first-order chi connectivity index (χ1) is 12.4. The van der Waals surface area contributed by atoms with Gasteiger partial charge in [0.2, 0.25) is 5.88 Å². The minimum absolute atomic E-state index is 0.0445. The van der Waals surface area contributed by atoms with E-state index in [1.807, 2.05) is 0 Å². The highest BCUT2D eigenvalue weighted by atomic mass is 19.4. The van der Waals surface area contributed by atoms with Crippen LogP contribution in [0.2, 0.25) is 0 Å². The molecule has 0 unspecified atom stereocenters. The molecule has 2 heterocycles. The summed E-state index contributed by atoms with van der Waals surface area (Å²) in [6, 6.07) is 7.39. The molecule has 0 atom stereocenters. The third-order valence-electron chi connectivity index (χ3n) is 3.92. The number of rotatable bonds is 4. The summed E-state index contributed by atoms with van der Waals surface area (Å²) < 4.78 is 48.6. The van der Waals surface area contributed by atoms with Gasteiger partial charge >= 0.3 is 6.18 Å². The second-order valence-electron chi connectivity index (χ2n) is 5.84. The van der Waals surface area contributed by atoms with Crippen LogP contribution in [-0.4, -0.2) is 30.2 Å². The second kappa shape index (κ2) is 7.74. The van der Waals surface area contributed by atoms with Crippen LogP contribution in [0, 0.1) is 0 Å². The number of anilines is 1. The van der Waals surface area contributed by atoms with Gasteiger partial charge in [0.15, 0.2) is 0 Å². The lowest BCUT2D eigenvalue weighted by Gasteiger charge is -2.22. The number of pyridine rings is 1. The quantitative estimate of drug-likeness (QED) is 0.891. The molecule has 1 aromatic carbocycles. The number of alkyl halides is 3. The third-order valence-corrected chi connectivity index (χ3v) is 3.92. The topological polar surface area (TPSA) is 60.5 Å². The van der Waals surface area contributed by atoms with Crippen molar-refractivity contribution in [1.29, 1.82) is 0 Å². The van der Waals surface area contributed by atoms with Crippen LogP contribution >= 0.6 is 0 Å². The van der Waals surface area contributed by atoms with E-state index in [0.29, 0.717) is 19.1 Å². The molecule has 3 rings (SSSR count). The molecule has 1 amide bonds. The first-order valence-electron chi connectivity index (χ1n) is 8.11. The maximum atomic E-state index is 12.5. The minimum Gasteiger partial charge on any atom is -0.474 e. The summed E-state index contributed by atoms with van der Waals surface area (Å²) >= 11 is 0. The highest BCUT2D eigenvalue weighted by Crippen LogP contribution is 2.29. The predicted molar refractivity (Wildman–Crippen MR) is 88.1 cm³/mol. The molecule has 0 saturated carbocycles. The summed E-state index contributed by atoms with van der Waals surface area (Å²) in [6.45, 7) is 1.30. The number of ether oxygens (including phenoxy) is 2. The Morgan fingerprint density at radius 3 is 2.38 bits per heavy atom. The molecule has 0 radical (unpaired) electrons. The van der Waals surface area contributed by atoms with Crippen LogP contribution in [0.25, 0.3) is 0 Å². The number of carbonyl (C=O) groups excluding carboxylic acids is 1. The predicted octanol–water partition coefficient (Wildman–Crippen LogP) is 3.91. The summed E-state index contributed by atoms with van der Waals surface area (Å²) in [6.07, 6.45) is -1.42. The van der Waals surface area contributed by atoms with E-state index in [1.165, 1.54) is 18.3 Å². The Balaban J connectivity index is 1.59. The van der Waals surface area contributed by atoms with Crippen molar-refractivity contribution in [1.82, 2.24) is 4.98 Å². The fourth-order valence-electron chi connectivity index (χ4n) is 2.49. The Hall–Kier alpha value is -2.61. The van der Waals surface area contributed by atoms with E-state index < -0.39 is 17.6 Å². The monoisotopic (exact) mass is 366 g/mol. The highest BCUT2D eigenvalue weighted by Gasteiger charge is 2.30. The standard InChI is InChI=1S/C18H17F3N2O3/c19-18(20,21)13-2-4-14(5-3-13)23-17(24)12-1-6-16(22-11-12)26-15-7-9-25-10-8-15/h1-6,11,15H,7-10H2,(H,23,24). The highest BCUT2D eigenvalue weighted by molar-refractivity contribution is 6.04. The SMILES string of the molecule is O=C(Nc1ccc(C(F)(F)F)cc1)c1ccc(OC2CCOCC2)nc1. The third kappa shape index (κ3) is 4.72. The van der Waals surface area contributed by atoms with Gasteiger partial charge in [0.05, 0.1) is 24.3 Å². The average molecular weight is 366 g/mol. The molecule has 138 valence electrons. The van der Waals surface area contributed by atoms with Gasteiger partial charge in [-0.15, -0.1) is 0 Å². The van der Waals surface area contributed by atoms with Crippen molar-refractivity contribution in [2.75, 3.05) is 18.5 Å². The lowest BCUT2D eigenvalue weighted by molar-refractivity contribution is -0.137. The molecule has 2 aromatic rings. The van der Waals surface area contributed by atoms with Crippen molar-refractivity contribution in [3.63, 3.8) is 0 Å². The number of hydrogen-bond acceptors (Lipinski definition) is 4. The Morgan fingerprint density at radius 1 is 1.12 bits per heavy atom. The van der Waals surface area contributed by atoms with Gasteiger partial charge in [-0.1, -0.05) is 0 Å². The molecule has 8 heteroatoms. The molecule has 1 aromatic heterocycles. The summed E-state index contributed by atoms with van der Waals surface area (Å²) in [7, 11) is 0. The smallest absolute Gasteiger partial charge is 0.416 e. The molecule has 1 aliphatic heterocycles. The number of hydrogen-bond donors (Lipinski definition) is 1. The summed E-state index contributed by atoms with van der Waals surface area (Å²) in [5.74, 6) is -0.0437. The van der Waals surface area contributed by atoms with Crippen LogP contribution in [0.1, 0.15) is 28.8 Å². The van der Waals surface area contributed by atoms with E-state index in [4.69, 9.17) is 9.47 Å². The maximum absolute atomic E-state index is 12.5. The van der Waals surface area contributed by atoms with Gasteiger partial charge in [-0.2, -0.15) is 13.2 Å². The Morgan fingerprint density at radius 2 is 1.81 bits per heavy atom. The molecule has 5 nitrogen and oxygen atoms in total. The Bertz CT molecular complexity index is 740. The summed E-state index contributed by atoms with van der Waals surface area (Å²) in [5.41, 5.74) is -0.221. The molecule has 1 N–H and O–H groups in total. The lowest BCUT2D eigenvalue weighted by Crippen LogP contribution is -2.26. The van der Waals surface area contributed by atoms with Gasteiger partial charge in [-0.05, 0) is 30.3 Å². The van der Waals surface area contributed by atoms with E-state index in [9.17, 15) is 18.0 Å². The maximum Gasteiger partial charge on any atom is 0.416 e. The number of nitrogens with one attached hydrogen (secondary N) is 1. The van der Waals surface area contributed by atoms with Gasteiger partial charge in [-0.3, -0.25) is 4.79 Å². The van der Waals surface area contributed by atoms with Crippen molar-refractivity contribution in [2.24, 2.45) is 0 Å². The van der Waals surface area contributed by atoms with Crippen molar-refractivity contribution >= 4 is 11.6 Å². The van der Waals surface area contributed by atoms with E-state index >= 15 is 0 Å². The van der Waals surface area contributed by atoms with Crippen molar-refractivity contribution in [3.8, 4) is 5.88 Å². The van der Waals surface area contributed by atoms with Crippen LogP contribution in [0.3, 0.4) is 0 Å². The van der Waals surface area contributed by atoms with Crippen LogP contribution in [0.5, 0.6) is 5.88 Å². The molecule has 0 bridgehead atoms. The number of nitrogens with zero attached hydrogens (tertiary/aromatic N) is 1. The van der Waals surface area contributed by atoms with E-state index in [2.05, 4.69) is 10.3 Å². The fourth-order valence-corrected chi connectivity index (χ4v) is 2.49.